The Hall–Kier alpha value is -4.21. The van der Waals surface area contributed by atoms with Gasteiger partial charge in [0.1, 0.15) is 17.2 Å². The highest BCUT2D eigenvalue weighted by Gasteiger charge is 2.21. The van der Waals surface area contributed by atoms with Gasteiger partial charge in [0, 0.05) is 43.5 Å². The Kier molecular flexibility index (Phi) is 6.42. The fourth-order valence-electron chi connectivity index (χ4n) is 4.03. The zero-order valence-electron chi connectivity index (χ0n) is 18.9. The molecule has 0 aliphatic carbocycles. The number of amides is 2. The Morgan fingerprint density at radius 2 is 2.03 bits per heavy atom. The highest BCUT2D eigenvalue weighted by atomic mass is 19.1. The van der Waals surface area contributed by atoms with E-state index in [9.17, 15) is 14.0 Å². The average Bonchev–Trinajstić information content (AvgIpc) is 3.50. The minimum Gasteiger partial charge on any atom is -0.454 e. The van der Waals surface area contributed by atoms with Crippen molar-refractivity contribution in [2.45, 2.75) is 19.3 Å². The number of hydrogen-bond acceptors (Lipinski definition) is 7. The number of carbonyl (C=O) groups excluding carboxylic acids is 2. The van der Waals surface area contributed by atoms with Gasteiger partial charge in [-0.25, -0.2) is 14.4 Å². The lowest BCUT2D eigenvalue weighted by Gasteiger charge is -2.16. The molecule has 1 fully saturated rings. The minimum absolute atomic E-state index is 0.150. The minimum atomic E-state index is -0.414. The molecule has 2 aliphatic rings. The van der Waals surface area contributed by atoms with Crippen LogP contribution >= 0.6 is 0 Å². The zero-order valence-corrected chi connectivity index (χ0v) is 18.9. The predicted molar refractivity (Wildman–Crippen MR) is 126 cm³/mol. The number of hydrogen-bond donors (Lipinski definition) is 2. The van der Waals surface area contributed by atoms with Crippen LogP contribution in [0.3, 0.4) is 0 Å². The van der Waals surface area contributed by atoms with Crippen molar-refractivity contribution in [2.75, 3.05) is 31.7 Å². The summed E-state index contributed by atoms with van der Waals surface area (Å²) in [5.41, 5.74) is 1.34. The van der Waals surface area contributed by atoms with Crippen molar-refractivity contribution >= 4 is 23.3 Å². The molecule has 2 N–H and O–H groups in total. The zero-order chi connectivity index (χ0) is 24.2. The Labute approximate surface area is 201 Å². The number of rotatable bonds is 8. The quantitative estimate of drug-likeness (QED) is 0.479. The summed E-state index contributed by atoms with van der Waals surface area (Å²) in [7, 11) is 0. The van der Waals surface area contributed by atoms with Gasteiger partial charge in [0.15, 0.2) is 17.3 Å². The van der Waals surface area contributed by atoms with Crippen molar-refractivity contribution < 1.29 is 23.5 Å². The fourth-order valence-corrected chi connectivity index (χ4v) is 4.03. The molecule has 0 unspecified atom stereocenters. The van der Waals surface area contributed by atoms with Crippen LogP contribution in [-0.2, 0) is 4.79 Å². The first-order valence-corrected chi connectivity index (χ1v) is 11.4. The molecule has 1 saturated heterocycles. The fraction of sp³-hybridized carbons (Fsp3) is 0.280. The average molecular weight is 477 g/mol. The molecule has 9 nitrogen and oxygen atoms in total. The van der Waals surface area contributed by atoms with Gasteiger partial charge in [-0.1, -0.05) is 6.07 Å². The first-order chi connectivity index (χ1) is 17.1. The molecule has 5 rings (SSSR count). The van der Waals surface area contributed by atoms with E-state index in [0.717, 1.165) is 13.0 Å². The van der Waals surface area contributed by atoms with E-state index in [0.29, 0.717) is 54.5 Å². The van der Waals surface area contributed by atoms with E-state index in [1.807, 2.05) is 4.90 Å². The summed E-state index contributed by atoms with van der Waals surface area (Å²) in [5, 5.41) is 5.90. The highest BCUT2D eigenvalue weighted by molar-refractivity contribution is 5.99. The molecule has 0 spiro atoms. The standard InChI is InChI=1S/C25H24FN5O4/c26-17-4-1-5-18(13-17)29-24-19(25(33)27-9-3-11-31-10-2-6-22(31)32)14-28-23(30-24)16-7-8-20-21(12-16)35-15-34-20/h1,4-5,7-8,12-14H,2-3,6,9-11,15H2,(H,27,33)(H,28,29,30). The number of fused-ring (bicyclic) bond motifs is 1. The van der Waals surface area contributed by atoms with E-state index < -0.39 is 5.82 Å². The molecular formula is C25H24FN5O4. The second-order valence-corrected chi connectivity index (χ2v) is 8.25. The first kappa shape index (κ1) is 22.6. The van der Waals surface area contributed by atoms with Crippen molar-refractivity contribution in [3.05, 3.63) is 60.0 Å². The van der Waals surface area contributed by atoms with Crippen LogP contribution in [0.1, 0.15) is 29.6 Å². The number of anilines is 2. The summed E-state index contributed by atoms with van der Waals surface area (Å²) >= 11 is 0. The molecule has 180 valence electrons. The van der Waals surface area contributed by atoms with Crippen LogP contribution in [-0.4, -0.2) is 53.1 Å². The predicted octanol–water partition coefficient (Wildman–Crippen LogP) is 3.50. The van der Waals surface area contributed by atoms with Crippen LogP contribution in [0.4, 0.5) is 15.9 Å². The Balaban J connectivity index is 1.35. The molecule has 1 aromatic heterocycles. The molecule has 2 aromatic carbocycles. The Morgan fingerprint density at radius 1 is 1.14 bits per heavy atom. The van der Waals surface area contributed by atoms with Gasteiger partial charge in [-0.15, -0.1) is 0 Å². The van der Waals surface area contributed by atoms with Gasteiger partial charge >= 0.3 is 0 Å². The summed E-state index contributed by atoms with van der Waals surface area (Å²) in [6.45, 7) is 1.92. The maximum atomic E-state index is 13.8. The number of carbonyl (C=O) groups is 2. The second-order valence-electron chi connectivity index (χ2n) is 8.25. The van der Waals surface area contributed by atoms with Crippen LogP contribution in [0, 0.1) is 5.82 Å². The molecule has 2 amide bonds. The maximum Gasteiger partial charge on any atom is 0.256 e. The van der Waals surface area contributed by atoms with Gasteiger partial charge in [0.05, 0.1) is 0 Å². The lowest BCUT2D eigenvalue weighted by Crippen LogP contribution is -2.31. The van der Waals surface area contributed by atoms with Gasteiger partial charge in [-0.05, 0) is 49.2 Å². The number of benzene rings is 2. The van der Waals surface area contributed by atoms with E-state index in [1.54, 1.807) is 30.3 Å². The van der Waals surface area contributed by atoms with Crippen LogP contribution in [0.5, 0.6) is 11.5 Å². The smallest absolute Gasteiger partial charge is 0.256 e. The van der Waals surface area contributed by atoms with E-state index in [2.05, 4.69) is 20.6 Å². The van der Waals surface area contributed by atoms with E-state index >= 15 is 0 Å². The summed E-state index contributed by atoms with van der Waals surface area (Å²) in [5.74, 6) is 1.21. The molecule has 3 aromatic rings. The first-order valence-electron chi connectivity index (χ1n) is 11.4. The SMILES string of the molecule is O=C(NCCCN1CCCC1=O)c1cnc(-c2ccc3c(c2)OCO3)nc1Nc1cccc(F)c1. The van der Waals surface area contributed by atoms with Crippen molar-refractivity contribution in [1.29, 1.82) is 0 Å². The maximum absolute atomic E-state index is 13.8. The molecule has 0 radical (unpaired) electrons. The topological polar surface area (TPSA) is 106 Å². The number of nitrogens with zero attached hydrogens (tertiary/aromatic N) is 3. The number of nitrogens with one attached hydrogen (secondary N) is 2. The van der Waals surface area contributed by atoms with Gasteiger partial charge in [0.2, 0.25) is 12.7 Å². The van der Waals surface area contributed by atoms with Crippen LogP contribution in [0.25, 0.3) is 11.4 Å². The van der Waals surface area contributed by atoms with E-state index in [4.69, 9.17) is 9.47 Å². The van der Waals surface area contributed by atoms with E-state index in [1.165, 1.54) is 18.3 Å². The van der Waals surface area contributed by atoms with Crippen molar-refractivity contribution in [3.8, 4) is 22.9 Å². The van der Waals surface area contributed by atoms with Gasteiger partial charge in [-0.2, -0.15) is 0 Å². The molecule has 3 heterocycles. The molecule has 0 bridgehead atoms. The molecule has 0 atom stereocenters. The highest BCUT2D eigenvalue weighted by Crippen LogP contribution is 2.35. The largest absolute Gasteiger partial charge is 0.454 e. The monoisotopic (exact) mass is 477 g/mol. The second kappa shape index (κ2) is 9.96. The summed E-state index contributed by atoms with van der Waals surface area (Å²) in [4.78, 5) is 35.5. The summed E-state index contributed by atoms with van der Waals surface area (Å²) in [6.07, 6.45) is 3.55. The summed E-state index contributed by atoms with van der Waals surface area (Å²) in [6, 6.07) is 11.2. The van der Waals surface area contributed by atoms with Crippen LogP contribution in [0.2, 0.25) is 0 Å². The molecule has 0 saturated carbocycles. The number of ether oxygens (including phenoxy) is 2. The third-order valence-corrected chi connectivity index (χ3v) is 5.81. The number of likely N-dealkylation sites (tertiary alicyclic amines) is 1. The van der Waals surface area contributed by atoms with Gasteiger partial charge in [0.25, 0.3) is 5.91 Å². The number of halogens is 1. The number of aromatic nitrogens is 2. The van der Waals surface area contributed by atoms with Gasteiger partial charge in [-0.3, -0.25) is 9.59 Å². The van der Waals surface area contributed by atoms with Crippen LogP contribution < -0.4 is 20.1 Å². The normalized spacial score (nSPS) is 14.3. The van der Waals surface area contributed by atoms with Crippen LogP contribution in [0.15, 0.2) is 48.7 Å². The molecule has 10 heteroatoms. The van der Waals surface area contributed by atoms with Gasteiger partial charge < -0.3 is 25.0 Å². The third-order valence-electron chi connectivity index (χ3n) is 5.81. The van der Waals surface area contributed by atoms with Crippen molar-refractivity contribution in [3.63, 3.8) is 0 Å². The lowest BCUT2D eigenvalue weighted by atomic mass is 10.1. The molecule has 2 aliphatic heterocycles. The van der Waals surface area contributed by atoms with Crippen molar-refractivity contribution in [1.82, 2.24) is 20.2 Å². The van der Waals surface area contributed by atoms with E-state index in [-0.39, 0.29) is 30.0 Å². The molecular weight excluding hydrogens is 453 g/mol. The van der Waals surface area contributed by atoms with Crippen molar-refractivity contribution in [2.24, 2.45) is 0 Å². The molecule has 35 heavy (non-hydrogen) atoms. The Morgan fingerprint density at radius 3 is 2.86 bits per heavy atom. The summed E-state index contributed by atoms with van der Waals surface area (Å²) < 4.78 is 24.5. The lowest BCUT2D eigenvalue weighted by molar-refractivity contribution is -0.127. The Bertz CT molecular complexity index is 1270. The third kappa shape index (κ3) is 5.16.